The van der Waals surface area contributed by atoms with Crippen LogP contribution in [0.25, 0.3) is 5.57 Å². The largest absolute Gasteiger partial charge is 0.322 e. The summed E-state index contributed by atoms with van der Waals surface area (Å²) in [6, 6.07) is 4.30. The number of aromatic nitrogens is 1. The SMILES string of the molecule is CN1C=C2CCC3C(CC[C@]4(C)C(c5cccnc5)=CCC34)[C@@]2(C)CCC1=O. The van der Waals surface area contributed by atoms with Crippen molar-refractivity contribution in [3.8, 4) is 0 Å². The van der Waals surface area contributed by atoms with Gasteiger partial charge in [-0.25, -0.2) is 0 Å². The van der Waals surface area contributed by atoms with Crippen molar-refractivity contribution in [2.24, 2.45) is 28.6 Å². The van der Waals surface area contributed by atoms with Gasteiger partial charge in [0, 0.05) is 32.1 Å². The maximum absolute atomic E-state index is 12.4. The lowest BCUT2D eigenvalue weighted by molar-refractivity contribution is -0.127. The molecule has 0 bridgehead atoms. The zero-order valence-corrected chi connectivity index (χ0v) is 17.4. The summed E-state index contributed by atoms with van der Waals surface area (Å²) in [4.78, 5) is 18.6. The number of allylic oxidation sites excluding steroid dienone is 3. The van der Waals surface area contributed by atoms with Gasteiger partial charge in [0.15, 0.2) is 0 Å². The molecular weight excluding hydrogens is 344 g/mol. The van der Waals surface area contributed by atoms with Crippen LogP contribution in [0.3, 0.4) is 0 Å². The molecule has 1 aromatic heterocycles. The summed E-state index contributed by atoms with van der Waals surface area (Å²) in [6.07, 6.45) is 16.5. The molecule has 5 rings (SSSR count). The van der Waals surface area contributed by atoms with Gasteiger partial charge in [-0.3, -0.25) is 9.78 Å². The molecule has 2 saturated carbocycles. The average molecular weight is 377 g/mol. The predicted molar refractivity (Wildman–Crippen MR) is 112 cm³/mol. The molecule has 3 unspecified atom stereocenters. The number of amides is 1. The highest BCUT2D eigenvalue weighted by Crippen LogP contribution is 2.66. The Morgan fingerprint density at radius 1 is 1.11 bits per heavy atom. The molecule has 3 nitrogen and oxygen atoms in total. The molecule has 5 atom stereocenters. The fourth-order valence-electron chi connectivity index (χ4n) is 7.27. The van der Waals surface area contributed by atoms with E-state index >= 15 is 0 Å². The fraction of sp³-hybridized carbons (Fsp3) is 0.600. The molecule has 1 aromatic rings. The first-order valence-corrected chi connectivity index (χ1v) is 11.0. The molecule has 4 aliphatic rings. The van der Waals surface area contributed by atoms with E-state index in [1.165, 1.54) is 42.4 Å². The third-order valence-electron chi connectivity index (χ3n) is 8.89. The molecule has 28 heavy (non-hydrogen) atoms. The standard InChI is InChI=1S/C25H32N2O/c1-24-13-11-23(28)27(3)16-18(24)6-7-19-21-9-8-20(17-5-4-14-26-15-17)25(21,2)12-10-22(19)24/h4-5,8,14-16,19,21-22H,6-7,9-13H2,1-3H3/t19?,21?,22?,24-,25+/m0/s1. The van der Waals surface area contributed by atoms with Crippen LogP contribution in [0.1, 0.15) is 64.4 Å². The fourth-order valence-corrected chi connectivity index (χ4v) is 7.27. The van der Waals surface area contributed by atoms with Gasteiger partial charge in [0.25, 0.3) is 0 Å². The van der Waals surface area contributed by atoms with Crippen LogP contribution in [0, 0.1) is 28.6 Å². The van der Waals surface area contributed by atoms with Crippen LogP contribution >= 0.6 is 0 Å². The zero-order chi connectivity index (χ0) is 19.5. The highest BCUT2D eigenvalue weighted by Gasteiger charge is 2.57. The average Bonchev–Trinajstić information content (AvgIpc) is 3.00. The number of carbonyl (C=O) groups is 1. The van der Waals surface area contributed by atoms with Crippen molar-refractivity contribution >= 4 is 11.5 Å². The minimum atomic E-state index is 0.196. The lowest BCUT2D eigenvalue weighted by Crippen LogP contribution is -2.48. The van der Waals surface area contributed by atoms with Crippen LogP contribution in [-0.4, -0.2) is 22.8 Å². The lowest BCUT2D eigenvalue weighted by Gasteiger charge is -2.57. The Hall–Kier alpha value is -1.90. The molecule has 0 spiro atoms. The van der Waals surface area contributed by atoms with E-state index in [0.29, 0.717) is 12.3 Å². The Labute approximate surface area is 168 Å². The summed E-state index contributed by atoms with van der Waals surface area (Å²) in [7, 11) is 1.94. The molecule has 0 aromatic carbocycles. The first kappa shape index (κ1) is 18.1. The number of pyridine rings is 1. The van der Waals surface area contributed by atoms with Crippen molar-refractivity contribution in [3.63, 3.8) is 0 Å². The third kappa shape index (κ3) is 2.47. The van der Waals surface area contributed by atoms with Crippen LogP contribution in [0.2, 0.25) is 0 Å². The van der Waals surface area contributed by atoms with E-state index in [9.17, 15) is 4.79 Å². The zero-order valence-electron chi connectivity index (χ0n) is 17.4. The Balaban J connectivity index is 1.47. The van der Waals surface area contributed by atoms with E-state index in [1.807, 2.05) is 24.3 Å². The molecule has 0 N–H and O–H groups in total. The van der Waals surface area contributed by atoms with Crippen molar-refractivity contribution in [1.29, 1.82) is 0 Å². The minimum Gasteiger partial charge on any atom is -0.322 e. The number of nitrogens with zero attached hydrogens (tertiary/aromatic N) is 2. The molecule has 0 saturated heterocycles. The quantitative estimate of drug-likeness (QED) is 0.652. The van der Waals surface area contributed by atoms with Gasteiger partial charge in [0.1, 0.15) is 0 Å². The Kier molecular flexibility index (Phi) is 4.08. The van der Waals surface area contributed by atoms with Crippen molar-refractivity contribution in [3.05, 3.63) is 47.9 Å². The third-order valence-corrected chi connectivity index (χ3v) is 8.89. The Morgan fingerprint density at radius 3 is 2.75 bits per heavy atom. The summed E-state index contributed by atoms with van der Waals surface area (Å²) in [5.74, 6) is 2.49. The minimum absolute atomic E-state index is 0.196. The summed E-state index contributed by atoms with van der Waals surface area (Å²) in [5.41, 5.74) is 4.85. The van der Waals surface area contributed by atoms with Gasteiger partial charge in [-0.05, 0) is 89.9 Å². The summed E-state index contributed by atoms with van der Waals surface area (Å²) < 4.78 is 0. The summed E-state index contributed by atoms with van der Waals surface area (Å²) >= 11 is 0. The molecule has 2 fully saturated rings. The maximum atomic E-state index is 12.4. The van der Waals surface area contributed by atoms with E-state index in [2.05, 4.69) is 43.2 Å². The normalized spacial score (nSPS) is 40.0. The number of hydrogen-bond donors (Lipinski definition) is 0. The number of fused-ring (bicyclic) bond motifs is 5. The maximum Gasteiger partial charge on any atom is 0.226 e. The monoisotopic (exact) mass is 376 g/mol. The van der Waals surface area contributed by atoms with Crippen molar-refractivity contribution in [1.82, 2.24) is 9.88 Å². The second-order valence-corrected chi connectivity index (χ2v) is 10.0. The van der Waals surface area contributed by atoms with Crippen LogP contribution in [0.15, 0.2) is 42.4 Å². The van der Waals surface area contributed by atoms with Gasteiger partial charge < -0.3 is 4.90 Å². The molecule has 3 heteroatoms. The van der Waals surface area contributed by atoms with Crippen LogP contribution in [0.5, 0.6) is 0 Å². The van der Waals surface area contributed by atoms with Gasteiger partial charge in [-0.1, -0.05) is 26.0 Å². The van der Waals surface area contributed by atoms with Gasteiger partial charge in [-0.15, -0.1) is 0 Å². The van der Waals surface area contributed by atoms with Crippen molar-refractivity contribution < 1.29 is 4.79 Å². The van der Waals surface area contributed by atoms with Crippen LogP contribution < -0.4 is 0 Å². The highest BCUT2D eigenvalue weighted by molar-refractivity contribution is 5.77. The van der Waals surface area contributed by atoms with Gasteiger partial charge in [0.05, 0.1) is 0 Å². The highest BCUT2D eigenvalue weighted by atomic mass is 16.2. The topological polar surface area (TPSA) is 33.2 Å². The smallest absolute Gasteiger partial charge is 0.226 e. The molecule has 1 aliphatic heterocycles. The van der Waals surface area contributed by atoms with Crippen molar-refractivity contribution in [2.75, 3.05) is 7.05 Å². The molecule has 3 aliphatic carbocycles. The van der Waals surface area contributed by atoms with E-state index in [-0.39, 0.29) is 16.7 Å². The first-order chi connectivity index (χ1) is 13.4. The molecular formula is C25H32N2O. The number of hydrogen-bond acceptors (Lipinski definition) is 2. The molecule has 2 heterocycles. The second kappa shape index (κ2) is 6.30. The Morgan fingerprint density at radius 2 is 1.96 bits per heavy atom. The first-order valence-electron chi connectivity index (χ1n) is 11.0. The summed E-state index contributed by atoms with van der Waals surface area (Å²) in [6.45, 7) is 4.98. The Bertz CT molecular complexity index is 857. The van der Waals surface area contributed by atoms with E-state index in [1.54, 1.807) is 0 Å². The molecule has 1 amide bonds. The van der Waals surface area contributed by atoms with E-state index in [4.69, 9.17) is 0 Å². The van der Waals surface area contributed by atoms with Crippen LogP contribution in [-0.2, 0) is 4.79 Å². The van der Waals surface area contributed by atoms with Crippen molar-refractivity contribution in [2.45, 2.75) is 58.8 Å². The van der Waals surface area contributed by atoms with Gasteiger partial charge in [-0.2, -0.15) is 0 Å². The predicted octanol–water partition coefficient (Wildman–Crippen LogP) is 5.45. The van der Waals surface area contributed by atoms with Gasteiger partial charge in [0.2, 0.25) is 5.91 Å². The van der Waals surface area contributed by atoms with Gasteiger partial charge >= 0.3 is 0 Å². The van der Waals surface area contributed by atoms with E-state index < -0.39 is 0 Å². The summed E-state index contributed by atoms with van der Waals surface area (Å²) in [5, 5.41) is 0. The van der Waals surface area contributed by atoms with Crippen LogP contribution in [0.4, 0.5) is 0 Å². The molecule has 148 valence electrons. The van der Waals surface area contributed by atoms with E-state index in [0.717, 1.165) is 24.7 Å². The number of carbonyl (C=O) groups excluding carboxylic acids is 1. The number of rotatable bonds is 1. The molecule has 0 radical (unpaired) electrons. The second-order valence-electron chi connectivity index (χ2n) is 10.0. The lowest BCUT2D eigenvalue weighted by atomic mass is 9.47.